The van der Waals surface area contributed by atoms with Crippen molar-refractivity contribution in [1.82, 2.24) is 0 Å². The third-order valence-electron chi connectivity index (χ3n) is 3.83. The Morgan fingerprint density at radius 3 is 2.62 bits per heavy atom. The van der Waals surface area contributed by atoms with Crippen molar-refractivity contribution in [3.63, 3.8) is 0 Å². The lowest BCUT2D eigenvalue weighted by Crippen LogP contribution is -2.03. The van der Waals surface area contributed by atoms with Gasteiger partial charge < -0.3 is 9.73 Å². The highest BCUT2D eigenvalue weighted by Crippen LogP contribution is 2.34. The molecule has 4 rings (SSSR count). The molecule has 3 aromatic rings. The van der Waals surface area contributed by atoms with Gasteiger partial charge in [0.15, 0.2) is 0 Å². The smallest absolute Gasteiger partial charge is 0.256 e. The molecule has 24 heavy (non-hydrogen) atoms. The predicted molar refractivity (Wildman–Crippen MR) is 97.1 cm³/mol. The maximum atomic E-state index is 12.1. The van der Waals surface area contributed by atoms with Crippen molar-refractivity contribution >= 4 is 46.4 Å². The molecule has 1 N–H and O–H groups in total. The number of hydrogen-bond donors (Lipinski definition) is 1. The normalized spacial score (nSPS) is 14.8. The standard InChI is InChI=1S/C19H11Cl2NO2/c20-15-7-5-11(9-16(15)21)18-8-6-12(24-18)10-14-13-3-1-2-4-17(13)22-19(14)23/h1-10H,(H,22,23)/b14-10+. The molecule has 0 saturated carbocycles. The van der Waals surface area contributed by atoms with E-state index in [9.17, 15) is 4.79 Å². The SMILES string of the molecule is O=C1Nc2ccccc2/C1=C\c1ccc(-c2ccc(Cl)c(Cl)c2)o1. The summed E-state index contributed by atoms with van der Waals surface area (Å²) in [6, 6.07) is 16.5. The summed E-state index contributed by atoms with van der Waals surface area (Å²) in [5.74, 6) is 1.12. The lowest BCUT2D eigenvalue weighted by atomic mass is 10.1. The van der Waals surface area contributed by atoms with Crippen LogP contribution in [0, 0.1) is 0 Å². The first-order valence-electron chi connectivity index (χ1n) is 7.29. The van der Waals surface area contributed by atoms with Crippen molar-refractivity contribution in [2.24, 2.45) is 0 Å². The lowest BCUT2D eigenvalue weighted by Gasteiger charge is -2.00. The number of amides is 1. The van der Waals surface area contributed by atoms with Crippen molar-refractivity contribution in [2.75, 3.05) is 5.32 Å². The zero-order valence-electron chi connectivity index (χ0n) is 12.3. The van der Waals surface area contributed by atoms with Crippen LogP contribution in [0.1, 0.15) is 11.3 Å². The summed E-state index contributed by atoms with van der Waals surface area (Å²) < 4.78 is 5.83. The van der Waals surface area contributed by atoms with E-state index in [0.717, 1.165) is 16.8 Å². The van der Waals surface area contributed by atoms with Gasteiger partial charge in [0.05, 0.1) is 15.6 Å². The predicted octanol–water partition coefficient (Wildman–Crippen LogP) is 5.75. The molecule has 0 aliphatic carbocycles. The van der Waals surface area contributed by atoms with E-state index in [-0.39, 0.29) is 5.91 Å². The van der Waals surface area contributed by atoms with Gasteiger partial charge in [-0.2, -0.15) is 0 Å². The van der Waals surface area contributed by atoms with Gasteiger partial charge in [-0.15, -0.1) is 0 Å². The molecule has 5 heteroatoms. The number of furan rings is 1. The van der Waals surface area contributed by atoms with E-state index in [1.165, 1.54) is 0 Å². The van der Waals surface area contributed by atoms with E-state index in [4.69, 9.17) is 27.6 Å². The average molecular weight is 356 g/mol. The topological polar surface area (TPSA) is 42.2 Å². The molecule has 3 nitrogen and oxygen atoms in total. The van der Waals surface area contributed by atoms with E-state index in [1.807, 2.05) is 42.5 Å². The Bertz CT molecular complexity index is 989. The first kappa shape index (κ1) is 15.1. The fraction of sp³-hybridized carbons (Fsp3) is 0. The van der Waals surface area contributed by atoms with Crippen molar-refractivity contribution in [2.45, 2.75) is 0 Å². The quantitative estimate of drug-likeness (QED) is 0.595. The molecular formula is C19H11Cl2NO2. The maximum absolute atomic E-state index is 12.1. The number of rotatable bonds is 2. The molecule has 1 aliphatic rings. The van der Waals surface area contributed by atoms with Crippen molar-refractivity contribution in [3.8, 4) is 11.3 Å². The number of hydrogen-bond acceptors (Lipinski definition) is 2. The Morgan fingerprint density at radius 2 is 1.79 bits per heavy atom. The first-order valence-corrected chi connectivity index (χ1v) is 8.05. The van der Waals surface area contributed by atoms with Gasteiger partial charge >= 0.3 is 0 Å². The van der Waals surface area contributed by atoms with Gasteiger partial charge in [-0.3, -0.25) is 4.79 Å². The van der Waals surface area contributed by atoms with Crippen LogP contribution >= 0.6 is 23.2 Å². The minimum atomic E-state index is -0.135. The number of para-hydroxylation sites is 1. The molecule has 2 heterocycles. The Hall–Kier alpha value is -2.49. The van der Waals surface area contributed by atoms with E-state index >= 15 is 0 Å². The number of halogens is 2. The molecular weight excluding hydrogens is 345 g/mol. The van der Waals surface area contributed by atoms with Crippen LogP contribution in [0.15, 0.2) is 59.0 Å². The van der Waals surface area contributed by atoms with Gasteiger partial charge in [-0.1, -0.05) is 41.4 Å². The summed E-state index contributed by atoms with van der Waals surface area (Å²) in [6.45, 7) is 0. The van der Waals surface area contributed by atoms with E-state index < -0.39 is 0 Å². The molecule has 0 spiro atoms. The molecule has 0 radical (unpaired) electrons. The second-order valence-corrected chi connectivity index (χ2v) is 6.20. The van der Waals surface area contributed by atoms with Gasteiger partial charge in [-0.05, 0) is 42.5 Å². The number of nitrogens with one attached hydrogen (secondary N) is 1. The van der Waals surface area contributed by atoms with Crippen LogP contribution in [-0.2, 0) is 4.79 Å². The third kappa shape index (κ3) is 2.62. The lowest BCUT2D eigenvalue weighted by molar-refractivity contribution is -0.110. The highest BCUT2D eigenvalue weighted by Gasteiger charge is 2.23. The Morgan fingerprint density at radius 1 is 0.958 bits per heavy atom. The van der Waals surface area contributed by atoms with E-state index in [2.05, 4.69) is 5.32 Å². The molecule has 0 fully saturated rings. The van der Waals surface area contributed by atoms with Crippen LogP contribution in [-0.4, -0.2) is 5.91 Å². The Balaban J connectivity index is 1.71. The summed E-state index contributed by atoms with van der Waals surface area (Å²) in [5.41, 5.74) is 3.09. The minimum Gasteiger partial charge on any atom is -0.457 e. The van der Waals surface area contributed by atoms with Gasteiger partial charge in [0.2, 0.25) is 0 Å². The minimum absolute atomic E-state index is 0.135. The highest BCUT2D eigenvalue weighted by atomic mass is 35.5. The second kappa shape index (κ2) is 5.86. The van der Waals surface area contributed by atoms with Crippen LogP contribution < -0.4 is 5.32 Å². The van der Waals surface area contributed by atoms with Crippen molar-refractivity contribution in [1.29, 1.82) is 0 Å². The molecule has 0 saturated heterocycles. The van der Waals surface area contributed by atoms with Crippen molar-refractivity contribution < 1.29 is 9.21 Å². The molecule has 0 bridgehead atoms. The second-order valence-electron chi connectivity index (χ2n) is 5.39. The van der Waals surface area contributed by atoms with Gasteiger partial charge in [0.1, 0.15) is 11.5 Å². The highest BCUT2D eigenvalue weighted by molar-refractivity contribution is 6.42. The summed E-state index contributed by atoms with van der Waals surface area (Å²) in [5, 5.41) is 3.80. The van der Waals surface area contributed by atoms with Crippen LogP contribution in [0.5, 0.6) is 0 Å². The number of carbonyl (C=O) groups excluding carboxylic acids is 1. The number of anilines is 1. The first-order chi connectivity index (χ1) is 11.6. The van der Waals surface area contributed by atoms with Crippen LogP contribution in [0.4, 0.5) is 5.69 Å². The number of carbonyl (C=O) groups is 1. The van der Waals surface area contributed by atoms with Crippen LogP contribution in [0.2, 0.25) is 10.0 Å². The van der Waals surface area contributed by atoms with Crippen LogP contribution in [0.3, 0.4) is 0 Å². The third-order valence-corrected chi connectivity index (χ3v) is 4.57. The van der Waals surface area contributed by atoms with Crippen LogP contribution in [0.25, 0.3) is 23.0 Å². The van der Waals surface area contributed by atoms with Gasteiger partial charge in [-0.25, -0.2) is 0 Å². The maximum Gasteiger partial charge on any atom is 0.256 e. The summed E-state index contributed by atoms with van der Waals surface area (Å²) >= 11 is 12.0. The number of benzene rings is 2. The Labute approximate surface area is 148 Å². The molecule has 1 amide bonds. The Kier molecular flexibility index (Phi) is 3.68. The van der Waals surface area contributed by atoms with Crippen molar-refractivity contribution in [3.05, 3.63) is 76.0 Å². The molecule has 0 atom stereocenters. The molecule has 0 unspecified atom stereocenters. The van der Waals surface area contributed by atoms with Gasteiger partial charge in [0.25, 0.3) is 5.91 Å². The fourth-order valence-corrected chi connectivity index (χ4v) is 2.96. The van der Waals surface area contributed by atoms with Gasteiger partial charge in [0, 0.05) is 16.8 Å². The molecule has 1 aliphatic heterocycles. The van der Waals surface area contributed by atoms with E-state index in [0.29, 0.717) is 27.1 Å². The molecule has 118 valence electrons. The zero-order valence-corrected chi connectivity index (χ0v) is 13.9. The largest absolute Gasteiger partial charge is 0.457 e. The van der Waals surface area contributed by atoms with E-state index in [1.54, 1.807) is 18.2 Å². The summed E-state index contributed by atoms with van der Waals surface area (Å²) in [4.78, 5) is 12.1. The molecule has 2 aromatic carbocycles. The zero-order chi connectivity index (χ0) is 16.7. The monoisotopic (exact) mass is 355 g/mol. The summed E-state index contributed by atoms with van der Waals surface area (Å²) in [7, 11) is 0. The average Bonchev–Trinajstić information content (AvgIpc) is 3.16. The molecule has 1 aromatic heterocycles. The summed E-state index contributed by atoms with van der Waals surface area (Å²) in [6.07, 6.45) is 1.74. The number of fused-ring (bicyclic) bond motifs is 1. The fourth-order valence-electron chi connectivity index (χ4n) is 2.66.